The molecule has 0 fully saturated rings. The second-order valence-corrected chi connectivity index (χ2v) is 6.19. The Hall–Kier alpha value is -3.15. The van der Waals surface area contributed by atoms with E-state index in [0.717, 1.165) is 11.3 Å². The molecule has 2 aromatic carbocycles. The number of nitrogens with zero attached hydrogens (tertiary/aromatic N) is 1. The third kappa shape index (κ3) is 3.74. The van der Waals surface area contributed by atoms with Gasteiger partial charge in [-0.25, -0.2) is 0 Å². The number of hydrogen-bond acceptors (Lipinski definition) is 4. The van der Waals surface area contributed by atoms with Gasteiger partial charge in [-0.15, -0.1) is 0 Å². The van der Waals surface area contributed by atoms with E-state index in [1.165, 1.54) is 11.8 Å². The lowest BCUT2D eigenvalue weighted by atomic mass is 10.1. The number of nitrogens with one attached hydrogen (secondary N) is 1. The minimum absolute atomic E-state index is 0.0775. The van der Waals surface area contributed by atoms with Crippen molar-refractivity contribution in [3.63, 3.8) is 0 Å². The molecule has 6 nitrogen and oxygen atoms in total. The van der Waals surface area contributed by atoms with Gasteiger partial charge in [-0.1, -0.05) is 18.2 Å². The zero-order chi connectivity index (χ0) is 18.7. The third-order valence-electron chi connectivity index (χ3n) is 4.29. The molecule has 2 aromatic rings. The normalized spacial score (nSPS) is 13.0. The molecule has 26 heavy (non-hydrogen) atoms. The molecule has 3 rings (SSSR count). The van der Waals surface area contributed by atoms with E-state index in [-0.39, 0.29) is 37.2 Å². The van der Waals surface area contributed by atoms with Crippen LogP contribution in [-0.4, -0.2) is 30.7 Å². The van der Waals surface area contributed by atoms with Crippen LogP contribution in [0.5, 0.6) is 5.75 Å². The molecule has 0 radical (unpaired) electrons. The van der Waals surface area contributed by atoms with Gasteiger partial charge < -0.3 is 15.0 Å². The predicted molar refractivity (Wildman–Crippen MR) is 98.7 cm³/mol. The summed E-state index contributed by atoms with van der Waals surface area (Å²) >= 11 is 0. The number of fused-ring (bicyclic) bond motifs is 1. The molecule has 0 unspecified atom stereocenters. The molecule has 0 saturated heterocycles. The van der Waals surface area contributed by atoms with Crippen molar-refractivity contribution in [3.05, 3.63) is 53.6 Å². The molecule has 1 aliphatic heterocycles. The number of benzene rings is 2. The number of aryl methyl sites for hydroxylation is 1. The number of carbonyl (C=O) groups is 3. The number of amides is 2. The summed E-state index contributed by atoms with van der Waals surface area (Å²) in [5.41, 5.74) is 2.75. The average molecular weight is 352 g/mol. The minimum Gasteiger partial charge on any atom is -0.482 e. The molecule has 0 atom stereocenters. The summed E-state index contributed by atoms with van der Waals surface area (Å²) in [6, 6.07) is 12.5. The molecule has 1 aliphatic rings. The van der Waals surface area contributed by atoms with Gasteiger partial charge in [0.25, 0.3) is 5.91 Å². The lowest BCUT2D eigenvalue weighted by molar-refractivity contribution is -0.121. The van der Waals surface area contributed by atoms with Crippen LogP contribution in [0.2, 0.25) is 0 Å². The van der Waals surface area contributed by atoms with Crippen LogP contribution in [-0.2, 0) is 9.59 Å². The first kappa shape index (κ1) is 17.7. The van der Waals surface area contributed by atoms with E-state index >= 15 is 0 Å². The van der Waals surface area contributed by atoms with Crippen LogP contribution in [0.25, 0.3) is 0 Å². The van der Waals surface area contributed by atoms with Crippen molar-refractivity contribution in [2.24, 2.45) is 0 Å². The van der Waals surface area contributed by atoms with Crippen LogP contribution in [0.1, 0.15) is 29.3 Å². The Morgan fingerprint density at radius 2 is 1.96 bits per heavy atom. The standard InChI is InChI=1S/C20H20N2O4/c1-13-5-3-4-6-16(13)21-19(24)9-10-22-17-11-15(14(2)23)7-8-18(17)26-12-20(22)25/h3-8,11H,9-10,12H2,1-2H3,(H,21,24). The second kappa shape index (κ2) is 7.39. The first-order chi connectivity index (χ1) is 12.5. The third-order valence-corrected chi connectivity index (χ3v) is 4.29. The smallest absolute Gasteiger partial charge is 0.265 e. The molecule has 0 saturated carbocycles. The second-order valence-electron chi connectivity index (χ2n) is 6.19. The molecule has 134 valence electrons. The molecule has 0 spiro atoms. The molecule has 0 bridgehead atoms. The van der Waals surface area contributed by atoms with Gasteiger partial charge in [-0.2, -0.15) is 0 Å². The lowest BCUT2D eigenvalue weighted by Crippen LogP contribution is -2.40. The first-order valence-electron chi connectivity index (χ1n) is 8.39. The molecule has 0 aromatic heterocycles. The summed E-state index contributed by atoms with van der Waals surface area (Å²) in [4.78, 5) is 37.6. The van der Waals surface area contributed by atoms with Gasteiger partial charge in [0.2, 0.25) is 5.91 Å². The fourth-order valence-corrected chi connectivity index (χ4v) is 2.81. The van der Waals surface area contributed by atoms with Crippen molar-refractivity contribution in [3.8, 4) is 5.75 Å². The van der Waals surface area contributed by atoms with Crippen LogP contribution >= 0.6 is 0 Å². The number of anilines is 2. The topological polar surface area (TPSA) is 75.7 Å². The van der Waals surface area contributed by atoms with E-state index in [0.29, 0.717) is 17.0 Å². The van der Waals surface area contributed by atoms with E-state index in [4.69, 9.17) is 4.74 Å². The summed E-state index contributed by atoms with van der Waals surface area (Å²) in [6.45, 7) is 3.52. The van der Waals surface area contributed by atoms with Crippen LogP contribution in [0, 0.1) is 6.92 Å². The highest BCUT2D eigenvalue weighted by atomic mass is 16.5. The van der Waals surface area contributed by atoms with E-state index in [2.05, 4.69) is 5.32 Å². The maximum Gasteiger partial charge on any atom is 0.265 e. The Balaban J connectivity index is 1.73. The zero-order valence-electron chi connectivity index (χ0n) is 14.7. The van der Waals surface area contributed by atoms with Crippen molar-refractivity contribution in [1.82, 2.24) is 0 Å². The number of para-hydroxylation sites is 1. The van der Waals surface area contributed by atoms with E-state index in [1.54, 1.807) is 18.2 Å². The fourth-order valence-electron chi connectivity index (χ4n) is 2.81. The van der Waals surface area contributed by atoms with Crippen molar-refractivity contribution in [2.75, 3.05) is 23.4 Å². The predicted octanol–water partition coefficient (Wildman–Crippen LogP) is 2.95. The highest BCUT2D eigenvalue weighted by molar-refractivity contribution is 6.02. The summed E-state index contributed by atoms with van der Waals surface area (Å²) in [5.74, 6) is 0.0294. The molecule has 6 heteroatoms. The fraction of sp³-hybridized carbons (Fsp3) is 0.250. The quantitative estimate of drug-likeness (QED) is 0.840. The molecule has 1 N–H and O–H groups in total. The van der Waals surface area contributed by atoms with Gasteiger partial charge in [0.15, 0.2) is 12.4 Å². The summed E-state index contributed by atoms with van der Waals surface area (Å²) in [5, 5.41) is 2.86. The molecule has 0 aliphatic carbocycles. The van der Waals surface area contributed by atoms with Gasteiger partial charge in [0, 0.05) is 24.2 Å². The summed E-state index contributed by atoms with van der Waals surface area (Å²) in [6.07, 6.45) is 0.143. The SMILES string of the molecule is CC(=O)c1ccc2c(c1)N(CCC(=O)Nc1ccccc1C)C(=O)CO2. The Labute approximate surface area is 151 Å². The van der Waals surface area contributed by atoms with Crippen molar-refractivity contribution in [2.45, 2.75) is 20.3 Å². The Bertz CT molecular complexity index is 876. The Morgan fingerprint density at radius 3 is 2.69 bits per heavy atom. The molecule has 1 heterocycles. The molecular weight excluding hydrogens is 332 g/mol. The molecular formula is C20H20N2O4. The van der Waals surface area contributed by atoms with Crippen molar-refractivity contribution < 1.29 is 19.1 Å². The number of ether oxygens (including phenoxy) is 1. The van der Waals surface area contributed by atoms with Gasteiger partial charge in [0.05, 0.1) is 5.69 Å². The van der Waals surface area contributed by atoms with Crippen LogP contribution in [0.15, 0.2) is 42.5 Å². The van der Waals surface area contributed by atoms with Gasteiger partial charge >= 0.3 is 0 Å². The van der Waals surface area contributed by atoms with E-state index in [9.17, 15) is 14.4 Å². The van der Waals surface area contributed by atoms with E-state index < -0.39 is 0 Å². The maximum atomic E-state index is 12.3. The molecule has 2 amide bonds. The number of ketones is 1. The van der Waals surface area contributed by atoms with Gasteiger partial charge in [0.1, 0.15) is 5.75 Å². The monoisotopic (exact) mass is 352 g/mol. The van der Waals surface area contributed by atoms with Crippen molar-refractivity contribution >= 4 is 29.0 Å². The summed E-state index contributed by atoms with van der Waals surface area (Å²) in [7, 11) is 0. The Kier molecular flexibility index (Phi) is 5.02. The highest BCUT2D eigenvalue weighted by Crippen LogP contribution is 2.33. The number of hydrogen-bond donors (Lipinski definition) is 1. The van der Waals surface area contributed by atoms with Crippen LogP contribution in [0.3, 0.4) is 0 Å². The van der Waals surface area contributed by atoms with Crippen LogP contribution < -0.4 is 15.0 Å². The average Bonchev–Trinajstić information content (AvgIpc) is 2.62. The summed E-state index contributed by atoms with van der Waals surface area (Å²) < 4.78 is 5.42. The Morgan fingerprint density at radius 1 is 1.19 bits per heavy atom. The zero-order valence-corrected chi connectivity index (χ0v) is 14.7. The van der Waals surface area contributed by atoms with Crippen molar-refractivity contribution in [1.29, 1.82) is 0 Å². The number of Topliss-reactive ketones (excluding diaryl/α,β-unsaturated/α-hetero) is 1. The van der Waals surface area contributed by atoms with Crippen LogP contribution in [0.4, 0.5) is 11.4 Å². The highest BCUT2D eigenvalue weighted by Gasteiger charge is 2.26. The first-order valence-corrected chi connectivity index (χ1v) is 8.39. The van der Waals surface area contributed by atoms with Gasteiger partial charge in [-0.3, -0.25) is 14.4 Å². The van der Waals surface area contributed by atoms with Gasteiger partial charge in [-0.05, 0) is 43.7 Å². The largest absolute Gasteiger partial charge is 0.482 e. The number of carbonyl (C=O) groups excluding carboxylic acids is 3. The maximum absolute atomic E-state index is 12.3. The minimum atomic E-state index is -0.234. The van der Waals surface area contributed by atoms with E-state index in [1.807, 2.05) is 31.2 Å². The lowest BCUT2D eigenvalue weighted by Gasteiger charge is -2.29. The number of rotatable bonds is 5.